The number of nitrogens with zero attached hydrogens (tertiary/aromatic N) is 1. The summed E-state index contributed by atoms with van der Waals surface area (Å²) in [6.07, 6.45) is 0.153. The molecule has 0 radical (unpaired) electrons. The second-order valence-corrected chi connectivity index (χ2v) is 8.28. The quantitative estimate of drug-likeness (QED) is 0.788. The molecule has 3 rings (SSSR count). The smallest absolute Gasteiger partial charge is 0.225 e. The van der Waals surface area contributed by atoms with Gasteiger partial charge in [0.2, 0.25) is 15.9 Å². The highest BCUT2D eigenvalue weighted by Crippen LogP contribution is 2.22. The summed E-state index contributed by atoms with van der Waals surface area (Å²) in [7, 11) is -3.69. The third kappa shape index (κ3) is 4.30. The van der Waals surface area contributed by atoms with Gasteiger partial charge in [-0.25, -0.2) is 21.6 Å². The van der Waals surface area contributed by atoms with E-state index in [1.807, 2.05) is 24.3 Å². The van der Waals surface area contributed by atoms with Gasteiger partial charge in [0.15, 0.2) is 17.5 Å². The minimum atomic E-state index is -3.69. The number of carbonyl (C=O) groups is 1. The molecule has 2 aromatic rings. The van der Waals surface area contributed by atoms with Gasteiger partial charge < -0.3 is 5.32 Å². The average molecular weight is 398 g/mol. The largest absolute Gasteiger partial charge is 0.323 e. The molecule has 1 heterocycles. The number of anilines is 1. The second-order valence-electron chi connectivity index (χ2n) is 6.19. The molecule has 0 unspecified atom stereocenters. The van der Waals surface area contributed by atoms with Crippen molar-refractivity contribution in [1.29, 1.82) is 0 Å². The van der Waals surface area contributed by atoms with Crippen molar-refractivity contribution in [1.82, 2.24) is 4.31 Å². The summed E-state index contributed by atoms with van der Waals surface area (Å²) < 4.78 is 65.9. The molecule has 1 aliphatic heterocycles. The summed E-state index contributed by atoms with van der Waals surface area (Å²) in [4.78, 5) is 11.9. The molecule has 1 aliphatic rings. The van der Waals surface area contributed by atoms with Crippen LogP contribution >= 0.6 is 0 Å². The standard InChI is InChI=1S/C18H17F3N2O3S/c19-14-5-6-15(18(21)17(14)20)22-16(24)8-10-27(25,26)23-9-7-12-3-1-2-4-13(12)11-23/h1-6H,7-11H2,(H,22,24). The normalized spacial score (nSPS) is 14.6. The first-order valence-electron chi connectivity index (χ1n) is 8.26. The van der Waals surface area contributed by atoms with Crippen molar-refractivity contribution in [3.63, 3.8) is 0 Å². The molecule has 0 saturated heterocycles. The fourth-order valence-corrected chi connectivity index (χ4v) is 4.30. The van der Waals surface area contributed by atoms with E-state index < -0.39 is 51.2 Å². The highest BCUT2D eigenvalue weighted by molar-refractivity contribution is 7.89. The zero-order valence-corrected chi connectivity index (χ0v) is 15.0. The number of carbonyl (C=O) groups excluding carboxylic acids is 1. The van der Waals surface area contributed by atoms with Gasteiger partial charge in [0.05, 0.1) is 11.4 Å². The van der Waals surface area contributed by atoms with Gasteiger partial charge in [0.1, 0.15) is 0 Å². The maximum Gasteiger partial charge on any atom is 0.225 e. The van der Waals surface area contributed by atoms with Gasteiger partial charge >= 0.3 is 0 Å². The van der Waals surface area contributed by atoms with Crippen LogP contribution in [0.1, 0.15) is 17.5 Å². The minimum absolute atomic E-state index is 0.234. The number of benzene rings is 2. The van der Waals surface area contributed by atoms with E-state index in [4.69, 9.17) is 0 Å². The van der Waals surface area contributed by atoms with E-state index in [0.29, 0.717) is 19.0 Å². The van der Waals surface area contributed by atoms with E-state index in [2.05, 4.69) is 5.32 Å². The van der Waals surface area contributed by atoms with Gasteiger partial charge in [-0.1, -0.05) is 24.3 Å². The van der Waals surface area contributed by atoms with Crippen LogP contribution in [0.25, 0.3) is 0 Å². The summed E-state index contributed by atoms with van der Waals surface area (Å²) in [6, 6.07) is 9.08. The molecule has 0 atom stereocenters. The predicted octanol–water partition coefficient (Wildman–Crippen LogP) is 2.82. The Bertz CT molecular complexity index is 980. The lowest BCUT2D eigenvalue weighted by atomic mass is 10.0. The van der Waals surface area contributed by atoms with Gasteiger partial charge in [-0.3, -0.25) is 4.79 Å². The van der Waals surface area contributed by atoms with Gasteiger partial charge in [-0.05, 0) is 29.7 Å². The van der Waals surface area contributed by atoms with Crippen molar-refractivity contribution in [3.8, 4) is 0 Å². The Morgan fingerprint density at radius 1 is 1.04 bits per heavy atom. The Kier molecular flexibility index (Phi) is 5.52. The van der Waals surface area contributed by atoms with Crippen LogP contribution in [-0.4, -0.2) is 30.9 Å². The van der Waals surface area contributed by atoms with Crippen LogP contribution in [0, 0.1) is 17.5 Å². The van der Waals surface area contributed by atoms with E-state index in [9.17, 15) is 26.4 Å². The summed E-state index contributed by atoms with van der Waals surface area (Å²) in [6.45, 7) is 0.552. The average Bonchev–Trinajstić information content (AvgIpc) is 2.66. The van der Waals surface area contributed by atoms with E-state index in [0.717, 1.165) is 17.2 Å². The van der Waals surface area contributed by atoms with Crippen LogP contribution in [0.4, 0.5) is 18.9 Å². The number of hydrogen-bond acceptors (Lipinski definition) is 3. The Morgan fingerprint density at radius 2 is 1.74 bits per heavy atom. The highest BCUT2D eigenvalue weighted by Gasteiger charge is 2.27. The molecular weight excluding hydrogens is 381 g/mol. The van der Waals surface area contributed by atoms with Gasteiger partial charge in [-0.15, -0.1) is 0 Å². The van der Waals surface area contributed by atoms with Crippen LogP contribution in [0.15, 0.2) is 36.4 Å². The summed E-state index contributed by atoms with van der Waals surface area (Å²) in [5.41, 5.74) is 1.47. The lowest BCUT2D eigenvalue weighted by Gasteiger charge is -2.28. The SMILES string of the molecule is O=C(CCS(=O)(=O)N1CCc2ccccc2C1)Nc1ccc(F)c(F)c1F. The molecular formula is C18H17F3N2O3S. The number of halogens is 3. The molecule has 0 fully saturated rings. The van der Waals surface area contributed by atoms with E-state index in [1.165, 1.54) is 4.31 Å². The van der Waals surface area contributed by atoms with Crippen LogP contribution < -0.4 is 5.32 Å². The number of rotatable bonds is 5. The van der Waals surface area contributed by atoms with E-state index >= 15 is 0 Å². The maximum absolute atomic E-state index is 13.6. The first-order valence-corrected chi connectivity index (χ1v) is 9.87. The van der Waals surface area contributed by atoms with Crippen molar-refractivity contribution in [2.24, 2.45) is 0 Å². The van der Waals surface area contributed by atoms with Crippen molar-refractivity contribution in [2.45, 2.75) is 19.4 Å². The number of nitrogens with one attached hydrogen (secondary N) is 1. The van der Waals surface area contributed by atoms with Crippen LogP contribution in [0.5, 0.6) is 0 Å². The molecule has 0 bridgehead atoms. The molecule has 27 heavy (non-hydrogen) atoms. The number of fused-ring (bicyclic) bond motifs is 1. The van der Waals surface area contributed by atoms with Gasteiger partial charge in [0.25, 0.3) is 0 Å². The van der Waals surface area contributed by atoms with Crippen LogP contribution in [-0.2, 0) is 27.8 Å². The van der Waals surface area contributed by atoms with Crippen LogP contribution in [0.2, 0.25) is 0 Å². The number of hydrogen-bond donors (Lipinski definition) is 1. The minimum Gasteiger partial charge on any atom is -0.323 e. The molecule has 0 saturated carbocycles. The Labute approximate surface area is 154 Å². The molecule has 5 nitrogen and oxygen atoms in total. The van der Waals surface area contributed by atoms with E-state index in [-0.39, 0.29) is 6.54 Å². The van der Waals surface area contributed by atoms with Gasteiger partial charge in [0, 0.05) is 19.5 Å². The molecule has 144 valence electrons. The zero-order valence-electron chi connectivity index (χ0n) is 14.2. The Morgan fingerprint density at radius 3 is 2.48 bits per heavy atom. The fourth-order valence-electron chi connectivity index (χ4n) is 2.89. The van der Waals surface area contributed by atoms with Crippen molar-refractivity contribution >= 4 is 21.6 Å². The summed E-state index contributed by atoms with van der Waals surface area (Å²) >= 11 is 0. The van der Waals surface area contributed by atoms with Gasteiger partial charge in [-0.2, -0.15) is 4.31 Å². The lowest BCUT2D eigenvalue weighted by molar-refractivity contribution is -0.115. The van der Waals surface area contributed by atoms with Crippen LogP contribution in [0.3, 0.4) is 0 Å². The van der Waals surface area contributed by atoms with Crippen molar-refractivity contribution < 1.29 is 26.4 Å². The first kappa shape index (κ1) is 19.4. The fraction of sp³-hybridized carbons (Fsp3) is 0.278. The molecule has 1 N–H and O–H groups in total. The lowest BCUT2D eigenvalue weighted by Crippen LogP contribution is -2.38. The Hall–Kier alpha value is -2.39. The number of sulfonamides is 1. The molecule has 0 aromatic heterocycles. The number of amides is 1. The monoisotopic (exact) mass is 398 g/mol. The third-order valence-electron chi connectivity index (χ3n) is 4.39. The van der Waals surface area contributed by atoms with Crippen molar-refractivity contribution in [3.05, 3.63) is 65.0 Å². The molecule has 1 amide bonds. The third-order valence-corrected chi connectivity index (χ3v) is 6.20. The summed E-state index contributed by atoms with van der Waals surface area (Å²) in [5, 5.41) is 2.07. The Balaban J connectivity index is 1.61. The molecule has 2 aromatic carbocycles. The molecule has 9 heteroatoms. The summed E-state index contributed by atoms with van der Waals surface area (Å²) in [5.74, 6) is -5.88. The van der Waals surface area contributed by atoms with Crippen molar-refractivity contribution in [2.75, 3.05) is 17.6 Å². The predicted molar refractivity (Wildman–Crippen MR) is 93.9 cm³/mol. The maximum atomic E-state index is 13.6. The molecule has 0 spiro atoms. The zero-order chi connectivity index (χ0) is 19.6. The highest BCUT2D eigenvalue weighted by atomic mass is 32.2. The van der Waals surface area contributed by atoms with E-state index in [1.54, 1.807) is 0 Å². The molecule has 0 aliphatic carbocycles. The first-order chi connectivity index (χ1) is 12.8. The second kappa shape index (κ2) is 7.69. The topological polar surface area (TPSA) is 66.5 Å².